The molecule has 1 aromatic heterocycles. The number of alkyl halides is 3. The van der Waals surface area contributed by atoms with Gasteiger partial charge in [-0.05, 0) is 75.6 Å². The van der Waals surface area contributed by atoms with Gasteiger partial charge in [-0.2, -0.15) is 13.2 Å². The monoisotopic (exact) mass is 717 g/mol. The van der Waals surface area contributed by atoms with E-state index in [1.165, 1.54) is 17.2 Å². The Kier molecular flexibility index (Phi) is 9.68. The highest BCUT2D eigenvalue weighted by Crippen LogP contribution is 2.47. The number of hydrogen-bond acceptors (Lipinski definition) is 8. The minimum absolute atomic E-state index is 0.0526. The van der Waals surface area contributed by atoms with E-state index in [-0.39, 0.29) is 36.4 Å². The number of hydrogen-bond donors (Lipinski definition) is 3. The molecular formula is C34H38F3N5O7S. The molecule has 3 aliphatic carbocycles. The quantitative estimate of drug-likeness (QED) is 0.371. The summed E-state index contributed by atoms with van der Waals surface area (Å²) in [6.07, 6.45) is 1.35. The third kappa shape index (κ3) is 7.64. The Labute approximate surface area is 287 Å². The Hall–Kier alpha value is -4.47. The highest BCUT2D eigenvalue weighted by molar-refractivity contribution is 7.91. The van der Waals surface area contributed by atoms with Gasteiger partial charge in [0.2, 0.25) is 21.8 Å². The lowest BCUT2D eigenvalue weighted by Gasteiger charge is -2.26. The van der Waals surface area contributed by atoms with Crippen molar-refractivity contribution in [1.82, 2.24) is 19.9 Å². The Morgan fingerprint density at radius 1 is 1.08 bits per heavy atom. The molecule has 50 heavy (non-hydrogen) atoms. The van der Waals surface area contributed by atoms with E-state index >= 15 is 0 Å². The zero-order valence-electron chi connectivity index (χ0n) is 27.2. The topological polar surface area (TPSA) is 164 Å². The van der Waals surface area contributed by atoms with E-state index in [0.717, 1.165) is 18.6 Å². The first-order valence-electron chi connectivity index (χ1n) is 16.6. The summed E-state index contributed by atoms with van der Waals surface area (Å²) in [6.45, 7) is 0.421. The highest BCUT2D eigenvalue weighted by Gasteiger charge is 2.62. The first-order valence-corrected chi connectivity index (χ1v) is 18.1. The van der Waals surface area contributed by atoms with Gasteiger partial charge in [-0.15, -0.1) is 0 Å². The number of rotatable bonds is 6. The summed E-state index contributed by atoms with van der Waals surface area (Å²) >= 11 is 0. The smallest absolute Gasteiger partial charge is 0.416 e. The molecule has 2 heterocycles. The molecule has 5 atom stereocenters. The molecule has 3 N–H and O–H groups in total. The lowest BCUT2D eigenvalue weighted by molar-refractivity contribution is -0.140. The molecule has 16 heteroatoms. The molecule has 0 radical (unpaired) electrons. The maximum atomic E-state index is 13.9. The molecule has 268 valence electrons. The standard InChI is InChI=1S/C34H38F3N5O7S/c1-42-15-7-3-2-4-8-21-19-33(21,31(45)41-50(47,48)23-11-12-23)40-29(43)25-17-22(18-26(25)30(42)44)49-32(46)39-28-16-20(34(35,36)37)10-13-24(28)27-9-5-6-14-38-27/h4-6,8-10,13-14,16,21-23,25-26H,2-3,7,11-12,15,17-19H2,1H3,(H,39,46)(H,40,43)(H,41,45)/b8-4-/t21-,22-,25-,26-,33-/m1/s1. The van der Waals surface area contributed by atoms with Crippen molar-refractivity contribution in [3.05, 3.63) is 60.3 Å². The molecule has 3 fully saturated rings. The van der Waals surface area contributed by atoms with Crippen molar-refractivity contribution in [3.8, 4) is 11.3 Å². The van der Waals surface area contributed by atoms with Crippen molar-refractivity contribution in [2.75, 3.05) is 18.9 Å². The molecule has 0 saturated heterocycles. The Bertz CT molecular complexity index is 1800. The molecule has 2 aromatic rings. The molecule has 3 saturated carbocycles. The molecule has 1 aromatic carbocycles. The molecule has 6 rings (SSSR count). The average molecular weight is 718 g/mol. The number of allylic oxidation sites excluding steroid dienone is 1. The van der Waals surface area contributed by atoms with Crippen LogP contribution in [0.1, 0.15) is 56.9 Å². The first kappa shape index (κ1) is 35.4. The first-order chi connectivity index (χ1) is 23.7. The Morgan fingerprint density at radius 3 is 2.54 bits per heavy atom. The summed E-state index contributed by atoms with van der Waals surface area (Å²) in [6, 6.07) is 7.70. The van der Waals surface area contributed by atoms with Crippen LogP contribution >= 0.6 is 0 Å². The van der Waals surface area contributed by atoms with E-state index in [9.17, 15) is 40.8 Å². The summed E-state index contributed by atoms with van der Waals surface area (Å²) in [5.41, 5.74) is -2.20. The number of anilines is 1. The second kappa shape index (κ2) is 13.7. The number of carbonyl (C=O) groups is 4. The van der Waals surface area contributed by atoms with Crippen LogP contribution in [0.5, 0.6) is 0 Å². The number of pyridine rings is 1. The van der Waals surface area contributed by atoms with Crippen LogP contribution in [-0.2, 0) is 35.3 Å². The van der Waals surface area contributed by atoms with Gasteiger partial charge < -0.3 is 15.0 Å². The zero-order chi connectivity index (χ0) is 35.8. The maximum Gasteiger partial charge on any atom is 0.416 e. The number of carbonyl (C=O) groups excluding carboxylic acids is 4. The van der Waals surface area contributed by atoms with E-state index in [4.69, 9.17) is 4.74 Å². The predicted molar refractivity (Wildman–Crippen MR) is 174 cm³/mol. The predicted octanol–water partition coefficient (Wildman–Crippen LogP) is 4.39. The fraction of sp³-hybridized carbons (Fsp3) is 0.500. The fourth-order valence-corrected chi connectivity index (χ4v) is 8.12. The number of nitrogens with zero attached hydrogens (tertiary/aromatic N) is 2. The summed E-state index contributed by atoms with van der Waals surface area (Å²) in [5, 5.41) is 4.50. The van der Waals surface area contributed by atoms with Gasteiger partial charge in [-0.1, -0.05) is 24.3 Å². The number of ether oxygens (including phenoxy) is 1. The van der Waals surface area contributed by atoms with Gasteiger partial charge in [-0.3, -0.25) is 29.4 Å². The number of amides is 4. The summed E-state index contributed by atoms with van der Waals surface area (Å²) in [5.74, 6) is -4.30. The van der Waals surface area contributed by atoms with E-state index in [1.807, 2.05) is 6.08 Å². The minimum Gasteiger partial charge on any atom is -0.446 e. The Balaban J connectivity index is 1.22. The second-order valence-corrected chi connectivity index (χ2v) is 15.4. The number of sulfonamides is 1. The van der Waals surface area contributed by atoms with Gasteiger partial charge in [0.15, 0.2) is 0 Å². The van der Waals surface area contributed by atoms with Gasteiger partial charge in [0.05, 0.1) is 34.0 Å². The van der Waals surface area contributed by atoms with Gasteiger partial charge in [0.25, 0.3) is 5.91 Å². The van der Waals surface area contributed by atoms with Crippen LogP contribution in [0.25, 0.3) is 11.3 Å². The molecule has 0 spiro atoms. The third-order valence-electron chi connectivity index (χ3n) is 9.79. The van der Waals surface area contributed by atoms with Crippen LogP contribution in [0.2, 0.25) is 0 Å². The summed E-state index contributed by atoms with van der Waals surface area (Å²) in [7, 11) is -2.29. The molecular weight excluding hydrogens is 679 g/mol. The molecule has 0 unspecified atom stereocenters. The van der Waals surface area contributed by atoms with Gasteiger partial charge in [-0.25, -0.2) is 13.2 Å². The second-order valence-electron chi connectivity index (χ2n) is 13.4. The SMILES string of the molecule is CN1CCCC/C=C\[C@@H]2C[C@@]2(C(=O)NS(=O)(=O)C2CC2)NC(=O)[C@@H]2C[C@@H](OC(=O)Nc3cc(C(F)(F)F)ccc3-c3ccccn3)C[C@H]2C1=O. The van der Waals surface area contributed by atoms with Crippen LogP contribution < -0.4 is 15.4 Å². The van der Waals surface area contributed by atoms with E-state index in [0.29, 0.717) is 37.9 Å². The van der Waals surface area contributed by atoms with E-state index in [2.05, 4.69) is 20.3 Å². The summed E-state index contributed by atoms with van der Waals surface area (Å²) in [4.78, 5) is 59.9. The van der Waals surface area contributed by atoms with Crippen molar-refractivity contribution in [3.63, 3.8) is 0 Å². The number of aromatic nitrogens is 1. The number of halogens is 3. The third-order valence-corrected chi connectivity index (χ3v) is 11.6. The maximum absolute atomic E-state index is 13.9. The minimum atomic E-state index is -4.69. The van der Waals surface area contributed by atoms with Crippen LogP contribution in [0.4, 0.5) is 23.7 Å². The van der Waals surface area contributed by atoms with Crippen molar-refractivity contribution >= 4 is 39.5 Å². The zero-order valence-corrected chi connectivity index (χ0v) is 28.1. The van der Waals surface area contributed by atoms with Gasteiger partial charge >= 0.3 is 12.3 Å². The highest BCUT2D eigenvalue weighted by atomic mass is 32.2. The Morgan fingerprint density at radius 2 is 1.84 bits per heavy atom. The average Bonchev–Trinajstić information content (AvgIpc) is 3.99. The molecule has 12 nitrogen and oxygen atoms in total. The fourth-order valence-electron chi connectivity index (χ4n) is 6.75. The molecule has 4 aliphatic rings. The van der Waals surface area contributed by atoms with Gasteiger partial charge in [0.1, 0.15) is 11.6 Å². The van der Waals surface area contributed by atoms with Crippen LogP contribution in [-0.4, -0.2) is 72.6 Å². The normalized spacial score (nSPS) is 28.0. The van der Waals surface area contributed by atoms with Crippen LogP contribution in [0, 0.1) is 17.8 Å². The molecule has 0 bridgehead atoms. The molecule has 1 aliphatic heterocycles. The number of nitrogens with one attached hydrogen (secondary N) is 3. The van der Waals surface area contributed by atoms with Crippen molar-refractivity contribution in [2.24, 2.45) is 17.8 Å². The number of fused-ring (bicyclic) bond motifs is 2. The molecule has 4 amide bonds. The number of benzene rings is 1. The van der Waals surface area contributed by atoms with Gasteiger partial charge in [0, 0.05) is 31.3 Å². The van der Waals surface area contributed by atoms with Crippen LogP contribution in [0.15, 0.2) is 54.7 Å². The lowest BCUT2D eigenvalue weighted by Crippen LogP contribution is -2.54. The van der Waals surface area contributed by atoms with Crippen LogP contribution in [0.3, 0.4) is 0 Å². The van der Waals surface area contributed by atoms with E-state index in [1.54, 1.807) is 31.3 Å². The lowest BCUT2D eigenvalue weighted by atomic mass is 9.93. The largest absolute Gasteiger partial charge is 0.446 e. The van der Waals surface area contributed by atoms with E-state index < -0.39 is 74.3 Å². The van der Waals surface area contributed by atoms with Crippen molar-refractivity contribution in [1.29, 1.82) is 0 Å². The summed E-state index contributed by atoms with van der Waals surface area (Å²) < 4.78 is 73.8. The van der Waals surface area contributed by atoms with Crippen molar-refractivity contribution in [2.45, 2.75) is 74.4 Å². The van der Waals surface area contributed by atoms with Crippen molar-refractivity contribution < 1.29 is 45.5 Å².